The standard InChI is InChI=1S/C57H72N2O13/c1-28-40(29(2)61)44(64)42-33(43(28)63)18-30(49(67)68)19-38(42)70-50-45(65)47(66)57-21-35-41-32(37(72-57)9-8-36(62)48(57)71-50)6-7-34(41)55(16-17-60)27-69-23-31-20-52-25-54(22-39(52)58-59-56(35,26-52)46(31)55)13-5-12-53(54)15-14-51(24-53)10-3-4-11-51/h7,18-19,31,35-37,39,45-48,50,58-60,62-66H,3-6,8-17,20-27H2,1-2H3,(H,67,68)/t31-,35+,36-,37+,39-,45+,46+,47+,48+,50+,52-,53-,54+,55-,56-,57-/m0/s1. The predicted molar refractivity (Wildman–Crippen MR) is 260 cm³/mol. The number of benzene rings is 2. The number of ketones is 1. The van der Waals surface area contributed by atoms with E-state index in [2.05, 4.69) is 16.9 Å². The number of hydrogen-bond acceptors (Lipinski definition) is 14. The third kappa shape index (κ3) is 5.84. The van der Waals surface area contributed by atoms with Gasteiger partial charge in [-0.3, -0.25) is 15.6 Å². The minimum absolute atomic E-state index is 0.0118. The largest absolute Gasteiger partial charge is 0.507 e. The first-order valence-electron chi connectivity index (χ1n) is 27.4. The van der Waals surface area contributed by atoms with Crippen LogP contribution in [0.5, 0.6) is 17.2 Å². The molecule has 9 N–H and O–H groups in total. The molecule has 15 nitrogen and oxygen atoms in total. The Labute approximate surface area is 419 Å². The fraction of sp³-hybridized carbons (Fsp3) is 0.719. The molecule has 10 fully saturated rings. The monoisotopic (exact) mass is 993 g/mol. The number of carboxylic acids is 1. The number of aromatic carboxylic acids is 1. The number of carboxylic acid groups (broad SMARTS) is 1. The molecule has 2 aromatic carbocycles. The van der Waals surface area contributed by atoms with Crippen molar-refractivity contribution in [1.82, 2.24) is 10.9 Å². The zero-order chi connectivity index (χ0) is 49.7. The molecule has 388 valence electrons. The van der Waals surface area contributed by atoms with Gasteiger partial charge in [-0.05, 0) is 179 Å². The number of hydrazine groups is 1. The van der Waals surface area contributed by atoms with Gasteiger partial charge >= 0.3 is 5.97 Å². The van der Waals surface area contributed by atoms with E-state index in [0.29, 0.717) is 43.3 Å². The number of aromatic hydroxyl groups is 2. The van der Waals surface area contributed by atoms with Crippen molar-refractivity contribution in [1.29, 1.82) is 0 Å². The number of fused-ring (bicyclic) bond motifs is 5. The minimum atomic E-state index is -1.82. The van der Waals surface area contributed by atoms with E-state index < -0.39 is 76.6 Å². The molecule has 15 heteroatoms. The second-order valence-electron chi connectivity index (χ2n) is 25.8. The summed E-state index contributed by atoms with van der Waals surface area (Å²) in [4.78, 5) is 25.4. The Bertz CT molecular complexity index is 2770. The average Bonchev–Trinajstić information content (AvgIpc) is 4.17. The van der Waals surface area contributed by atoms with Crippen LogP contribution >= 0.6 is 0 Å². The number of aliphatic hydroxyl groups is 4. The third-order valence-corrected chi connectivity index (χ3v) is 22.9. The molecule has 16 atom stereocenters. The molecule has 0 radical (unpaired) electrons. The van der Waals surface area contributed by atoms with Gasteiger partial charge in [0.05, 0.1) is 35.3 Å². The van der Waals surface area contributed by atoms with Gasteiger partial charge in [-0.2, -0.15) is 0 Å². The number of carbonyl (C=O) groups excluding carboxylic acids is 1. The van der Waals surface area contributed by atoms with Crippen LogP contribution in [0, 0.1) is 51.8 Å². The Hall–Kier alpha value is -3.64. The number of allylic oxidation sites excluding steroid dienone is 1. The number of Topliss-reactive ketones (excluding diaryl/α,β-unsaturated/α-hetero) is 1. The number of carbonyl (C=O) groups is 2. The number of hydrogen-bond donors (Lipinski definition) is 9. The molecule has 7 aliphatic carbocycles. The fourth-order valence-corrected chi connectivity index (χ4v) is 20.6. The molecule has 0 amide bonds. The van der Waals surface area contributed by atoms with Crippen LogP contribution in [-0.4, -0.2) is 121 Å². The number of nitrogens with one attached hydrogen (secondary N) is 2. The molecule has 5 aliphatic heterocycles. The van der Waals surface area contributed by atoms with Gasteiger partial charge in [-0.1, -0.05) is 25.3 Å². The van der Waals surface area contributed by atoms with E-state index in [9.17, 15) is 45.3 Å². The lowest BCUT2D eigenvalue weighted by atomic mass is 9.39. The van der Waals surface area contributed by atoms with Crippen molar-refractivity contribution in [3.05, 3.63) is 51.6 Å². The SMILES string of the molecule is CC(=O)c1c(C)c(O)c2cc(C(=O)O)cc(O[C@@H]3O[C@@H]4[C@@H](O)CC[C@H]5O[C@@]4(C[C@@H]4C6=C5CC=C6[C@]5(CCO)COC[C@@H]6C[C@]78C[C@@]4(NN[C@H]7C[C@]4(CCC[C@@]47CCC4(CCCC4)C7)C8)[C@H]65)[C@H](O)[C@H]3O)c2c1O. The first-order valence-corrected chi connectivity index (χ1v) is 27.4. The van der Waals surface area contributed by atoms with Crippen LogP contribution in [-0.2, 0) is 14.2 Å². The number of aliphatic hydroxyl groups excluding tert-OH is 4. The Morgan fingerprint density at radius 1 is 0.917 bits per heavy atom. The van der Waals surface area contributed by atoms with Gasteiger partial charge in [0.15, 0.2) is 5.78 Å². The lowest BCUT2D eigenvalue weighted by Crippen LogP contribution is -2.81. The molecule has 14 rings (SSSR count). The zero-order valence-electron chi connectivity index (χ0n) is 41.6. The third-order valence-electron chi connectivity index (χ3n) is 22.9. The molecule has 0 aromatic heterocycles. The first kappa shape index (κ1) is 46.9. The molecule has 4 saturated heterocycles. The van der Waals surface area contributed by atoms with E-state index in [1.807, 2.05) is 0 Å². The van der Waals surface area contributed by atoms with Gasteiger partial charge in [0.2, 0.25) is 6.29 Å². The molecule has 6 spiro atoms. The summed E-state index contributed by atoms with van der Waals surface area (Å²) in [6, 6.07) is 2.57. The highest BCUT2D eigenvalue weighted by molar-refractivity contribution is 6.11. The van der Waals surface area contributed by atoms with Crippen LogP contribution in [0.4, 0.5) is 0 Å². The Morgan fingerprint density at radius 2 is 1.72 bits per heavy atom. The lowest BCUT2D eigenvalue weighted by Gasteiger charge is -2.72. The van der Waals surface area contributed by atoms with Crippen LogP contribution in [0.25, 0.3) is 10.8 Å². The summed E-state index contributed by atoms with van der Waals surface area (Å²) < 4.78 is 27.4. The van der Waals surface area contributed by atoms with Crippen molar-refractivity contribution >= 4 is 22.5 Å². The first-order chi connectivity index (χ1) is 34.5. The maximum Gasteiger partial charge on any atom is 0.335 e. The summed E-state index contributed by atoms with van der Waals surface area (Å²) in [5.41, 5.74) is 9.81. The molecular weight excluding hydrogens is 921 g/mol. The summed E-state index contributed by atoms with van der Waals surface area (Å²) in [6.45, 7) is 3.83. The topological polar surface area (TPSA) is 237 Å². The van der Waals surface area contributed by atoms with Gasteiger partial charge in [0, 0.05) is 47.1 Å². The molecule has 5 heterocycles. The van der Waals surface area contributed by atoms with Crippen molar-refractivity contribution in [3.8, 4) is 17.2 Å². The summed E-state index contributed by atoms with van der Waals surface area (Å²) in [7, 11) is 0. The van der Waals surface area contributed by atoms with Gasteiger partial charge in [-0.25, -0.2) is 4.79 Å². The van der Waals surface area contributed by atoms with E-state index >= 15 is 0 Å². The average molecular weight is 993 g/mol. The zero-order valence-corrected chi connectivity index (χ0v) is 41.6. The summed E-state index contributed by atoms with van der Waals surface area (Å²) in [6.07, 6.45) is 14.0. The molecule has 12 aliphatic rings. The molecule has 72 heavy (non-hydrogen) atoms. The fourth-order valence-electron chi connectivity index (χ4n) is 20.6. The Kier molecular flexibility index (Phi) is 10.1. The summed E-state index contributed by atoms with van der Waals surface area (Å²) in [5.74, 6) is -3.21. The molecule has 6 saturated carbocycles. The van der Waals surface area contributed by atoms with E-state index in [1.54, 1.807) is 0 Å². The normalized spacial score (nSPS) is 45.9. The molecule has 4 bridgehead atoms. The Morgan fingerprint density at radius 3 is 2.50 bits per heavy atom. The van der Waals surface area contributed by atoms with Gasteiger partial charge in [0.1, 0.15) is 41.2 Å². The maximum absolute atomic E-state index is 13.1. The highest BCUT2D eigenvalue weighted by Gasteiger charge is 2.78. The van der Waals surface area contributed by atoms with Crippen LogP contribution in [0.1, 0.15) is 155 Å². The van der Waals surface area contributed by atoms with Crippen LogP contribution in [0.2, 0.25) is 0 Å². The van der Waals surface area contributed by atoms with Crippen molar-refractivity contribution in [2.75, 3.05) is 19.8 Å². The summed E-state index contributed by atoms with van der Waals surface area (Å²) in [5, 5.41) is 82.0. The van der Waals surface area contributed by atoms with Crippen molar-refractivity contribution in [2.45, 2.75) is 190 Å². The van der Waals surface area contributed by atoms with Crippen LogP contribution in [0.3, 0.4) is 0 Å². The number of phenols is 2. The second-order valence-corrected chi connectivity index (χ2v) is 25.8. The van der Waals surface area contributed by atoms with Gasteiger partial charge in [-0.15, -0.1) is 0 Å². The highest BCUT2D eigenvalue weighted by Crippen LogP contribution is 2.79. The van der Waals surface area contributed by atoms with Crippen molar-refractivity contribution in [3.63, 3.8) is 0 Å². The molecule has 0 unspecified atom stereocenters. The Balaban J connectivity index is 0.877. The smallest absolute Gasteiger partial charge is 0.335 e. The minimum Gasteiger partial charge on any atom is -0.507 e. The number of rotatable bonds is 6. The number of ether oxygens (including phenoxy) is 4. The lowest BCUT2D eigenvalue weighted by molar-refractivity contribution is -0.337. The van der Waals surface area contributed by atoms with Crippen molar-refractivity contribution < 1.29 is 64.3 Å². The highest BCUT2D eigenvalue weighted by atomic mass is 16.7. The second kappa shape index (κ2) is 15.5. The number of phenolic OH excluding ortho intramolecular Hbond substituents is 2. The molecular formula is C57H72N2O13. The van der Waals surface area contributed by atoms with E-state index in [4.69, 9.17) is 18.9 Å². The predicted octanol–water partition coefficient (Wildman–Crippen LogP) is 6.55. The quantitative estimate of drug-likeness (QED) is 0.110. The summed E-state index contributed by atoms with van der Waals surface area (Å²) >= 11 is 0. The van der Waals surface area contributed by atoms with E-state index in [0.717, 1.165) is 30.9 Å². The van der Waals surface area contributed by atoms with E-state index in [1.165, 1.54) is 102 Å². The van der Waals surface area contributed by atoms with Crippen LogP contribution < -0.4 is 15.6 Å². The molecule has 2 aromatic rings. The van der Waals surface area contributed by atoms with Crippen molar-refractivity contribution in [2.24, 2.45) is 44.8 Å². The van der Waals surface area contributed by atoms with Crippen LogP contribution in [0.15, 0.2) is 34.9 Å². The van der Waals surface area contributed by atoms with E-state index in [-0.39, 0.29) is 87.3 Å². The van der Waals surface area contributed by atoms with Gasteiger partial charge < -0.3 is 54.7 Å². The maximum atomic E-state index is 13.1. The van der Waals surface area contributed by atoms with Gasteiger partial charge in [0.25, 0.3) is 0 Å².